The summed E-state index contributed by atoms with van der Waals surface area (Å²) in [4.78, 5) is 21.9. The molecule has 0 saturated heterocycles. The number of benzene rings is 2. The smallest absolute Gasteiger partial charge is 0.225 e. The van der Waals surface area contributed by atoms with Crippen LogP contribution >= 0.6 is 0 Å². The molecule has 0 radical (unpaired) electrons. The van der Waals surface area contributed by atoms with Crippen LogP contribution < -0.4 is 10.1 Å². The molecule has 1 atom stereocenters. The number of carbonyl (C=O) groups excluding carboxylic acids is 1. The van der Waals surface area contributed by atoms with Crippen molar-refractivity contribution in [3.8, 4) is 5.75 Å². The number of para-hydroxylation sites is 1. The van der Waals surface area contributed by atoms with Gasteiger partial charge in [-0.3, -0.25) is 9.78 Å². The second-order valence-corrected chi connectivity index (χ2v) is 6.84. The molecular formula is C23H22N4O2. The van der Waals surface area contributed by atoms with E-state index in [1.807, 2.05) is 72.4 Å². The maximum Gasteiger partial charge on any atom is 0.225 e. The first-order chi connectivity index (χ1) is 14.2. The van der Waals surface area contributed by atoms with E-state index in [9.17, 15) is 4.79 Å². The van der Waals surface area contributed by atoms with Crippen LogP contribution in [0.1, 0.15) is 23.0 Å². The van der Waals surface area contributed by atoms with Crippen molar-refractivity contribution in [2.45, 2.75) is 12.5 Å². The van der Waals surface area contributed by atoms with E-state index in [1.165, 1.54) is 0 Å². The zero-order valence-electron chi connectivity index (χ0n) is 16.4. The van der Waals surface area contributed by atoms with Gasteiger partial charge in [0.2, 0.25) is 5.91 Å². The van der Waals surface area contributed by atoms with Gasteiger partial charge in [0.25, 0.3) is 0 Å². The van der Waals surface area contributed by atoms with Crippen LogP contribution in [0.25, 0.3) is 10.9 Å². The number of nitrogens with one attached hydrogen (secondary N) is 1. The summed E-state index contributed by atoms with van der Waals surface area (Å²) in [6, 6.07) is 17.1. The zero-order chi connectivity index (χ0) is 20.2. The summed E-state index contributed by atoms with van der Waals surface area (Å²) in [6.07, 6.45) is 5.59. The van der Waals surface area contributed by atoms with Gasteiger partial charge in [0.15, 0.2) is 0 Å². The molecule has 6 heteroatoms. The molecule has 2 heterocycles. The highest BCUT2D eigenvalue weighted by Crippen LogP contribution is 2.24. The van der Waals surface area contributed by atoms with Crippen molar-refractivity contribution in [1.29, 1.82) is 0 Å². The third-order valence-electron chi connectivity index (χ3n) is 4.94. The summed E-state index contributed by atoms with van der Waals surface area (Å²) >= 11 is 0. The number of aryl methyl sites for hydroxylation is 1. The van der Waals surface area contributed by atoms with E-state index < -0.39 is 0 Å². The summed E-state index contributed by atoms with van der Waals surface area (Å²) < 4.78 is 7.16. The molecule has 0 aliphatic heterocycles. The first-order valence-corrected chi connectivity index (χ1v) is 9.39. The number of nitrogens with zero attached hydrogens (tertiary/aromatic N) is 3. The van der Waals surface area contributed by atoms with E-state index in [4.69, 9.17) is 4.74 Å². The molecule has 4 aromatic rings. The van der Waals surface area contributed by atoms with Crippen LogP contribution in [0.3, 0.4) is 0 Å². The van der Waals surface area contributed by atoms with Gasteiger partial charge in [-0.15, -0.1) is 0 Å². The summed E-state index contributed by atoms with van der Waals surface area (Å²) in [5.41, 5.74) is 2.68. The van der Waals surface area contributed by atoms with Crippen molar-refractivity contribution >= 4 is 16.8 Å². The Bertz CT molecular complexity index is 1130. The van der Waals surface area contributed by atoms with Crippen LogP contribution in [0.4, 0.5) is 0 Å². The van der Waals surface area contributed by atoms with Gasteiger partial charge in [-0.05, 0) is 29.3 Å². The summed E-state index contributed by atoms with van der Waals surface area (Å²) in [6.45, 7) is 0. The van der Waals surface area contributed by atoms with Crippen molar-refractivity contribution < 1.29 is 9.53 Å². The number of imidazole rings is 1. The number of aromatic nitrogens is 3. The maximum absolute atomic E-state index is 13.0. The number of carbonyl (C=O) groups is 1. The molecule has 0 bridgehead atoms. The number of rotatable bonds is 6. The maximum atomic E-state index is 13.0. The second kappa shape index (κ2) is 8.14. The van der Waals surface area contributed by atoms with Gasteiger partial charge in [-0.25, -0.2) is 4.98 Å². The summed E-state index contributed by atoms with van der Waals surface area (Å²) in [5.74, 6) is 1.44. The Kier molecular flexibility index (Phi) is 5.24. The van der Waals surface area contributed by atoms with Gasteiger partial charge in [0, 0.05) is 31.0 Å². The first-order valence-electron chi connectivity index (χ1n) is 9.39. The van der Waals surface area contributed by atoms with E-state index >= 15 is 0 Å². The molecule has 146 valence electrons. The summed E-state index contributed by atoms with van der Waals surface area (Å²) in [7, 11) is 3.55. The normalized spacial score (nSPS) is 11.9. The molecule has 0 aliphatic rings. The van der Waals surface area contributed by atoms with Crippen LogP contribution in [-0.4, -0.2) is 27.6 Å². The minimum atomic E-state index is -0.364. The Morgan fingerprint density at radius 2 is 1.86 bits per heavy atom. The van der Waals surface area contributed by atoms with Gasteiger partial charge < -0.3 is 14.6 Å². The van der Waals surface area contributed by atoms with Crippen LogP contribution in [0.15, 0.2) is 73.2 Å². The average molecular weight is 386 g/mol. The molecule has 1 amide bonds. The Labute approximate surface area is 169 Å². The monoisotopic (exact) mass is 386 g/mol. The van der Waals surface area contributed by atoms with Crippen molar-refractivity contribution in [2.24, 2.45) is 7.05 Å². The number of hydrogen-bond acceptors (Lipinski definition) is 4. The van der Waals surface area contributed by atoms with E-state index in [0.29, 0.717) is 0 Å². The third-order valence-corrected chi connectivity index (χ3v) is 4.94. The quantitative estimate of drug-likeness (QED) is 0.551. The number of fused-ring (bicyclic) bond motifs is 1. The second-order valence-electron chi connectivity index (χ2n) is 6.84. The predicted molar refractivity (Wildman–Crippen MR) is 112 cm³/mol. The molecule has 29 heavy (non-hydrogen) atoms. The van der Waals surface area contributed by atoms with Gasteiger partial charge in [-0.1, -0.05) is 36.4 Å². The fourth-order valence-corrected chi connectivity index (χ4v) is 3.44. The Hall–Kier alpha value is -3.67. The fourth-order valence-electron chi connectivity index (χ4n) is 3.44. The SMILES string of the molecule is COc1ccc(C(NC(=O)Cc2cccc3cccnc23)c2nccn2C)cc1. The molecular weight excluding hydrogens is 364 g/mol. The lowest BCUT2D eigenvalue weighted by atomic mass is 10.0. The lowest BCUT2D eigenvalue weighted by Crippen LogP contribution is -2.32. The molecule has 1 N–H and O–H groups in total. The Morgan fingerprint density at radius 1 is 1.07 bits per heavy atom. The lowest BCUT2D eigenvalue weighted by molar-refractivity contribution is -0.121. The highest BCUT2D eigenvalue weighted by atomic mass is 16.5. The minimum absolute atomic E-state index is 0.0908. The zero-order valence-corrected chi connectivity index (χ0v) is 16.4. The fraction of sp³-hybridized carbons (Fsp3) is 0.174. The van der Waals surface area contributed by atoms with Crippen molar-refractivity contribution in [1.82, 2.24) is 19.9 Å². The van der Waals surface area contributed by atoms with Gasteiger partial charge in [0.1, 0.15) is 17.6 Å². The average Bonchev–Trinajstić information content (AvgIpc) is 3.18. The molecule has 0 spiro atoms. The van der Waals surface area contributed by atoms with E-state index in [2.05, 4.69) is 15.3 Å². The van der Waals surface area contributed by atoms with Crippen molar-refractivity contribution in [2.75, 3.05) is 7.11 Å². The van der Waals surface area contributed by atoms with Gasteiger partial charge in [-0.2, -0.15) is 0 Å². The molecule has 2 aromatic carbocycles. The van der Waals surface area contributed by atoms with Gasteiger partial charge >= 0.3 is 0 Å². The van der Waals surface area contributed by atoms with Crippen LogP contribution in [-0.2, 0) is 18.3 Å². The largest absolute Gasteiger partial charge is 0.497 e. The van der Waals surface area contributed by atoms with E-state index in [0.717, 1.165) is 33.6 Å². The number of ether oxygens (including phenoxy) is 1. The van der Waals surface area contributed by atoms with Crippen LogP contribution in [0.2, 0.25) is 0 Å². The molecule has 0 aliphatic carbocycles. The van der Waals surface area contributed by atoms with Crippen molar-refractivity contribution in [3.63, 3.8) is 0 Å². The molecule has 0 fully saturated rings. The Morgan fingerprint density at radius 3 is 2.59 bits per heavy atom. The number of amides is 1. The van der Waals surface area contributed by atoms with Gasteiger partial charge in [0.05, 0.1) is 19.0 Å². The third kappa shape index (κ3) is 3.96. The number of pyridine rings is 1. The molecule has 6 nitrogen and oxygen atoms in total. The van der Waals surface area contributed by atoms with E-state index in [-0.39, 0.29) is 18.4 Å². The van der Waals surface area contributed by atoms with Crippen molar-refractivity contribution in [3.05, 3.63) is 90.1 Å². The van der Waals surface area contributed by atoms with Crippen LogP contribution in [0, 0.1) is 0 Å². The number of methoxy groups -OCH3 is 1. The lowest BCUT2D eigenvalue weighted by Gasteiger charge is -2.20. The Balaban J connectivity index is 1.61. The first kappa shape index (κ1) is 18.7. The molecule has 4 rings (SSSR count). The minimum Gasteiger partial charge on any atom is -0.497 e. The highest BCUT2D eigenvalue weighted by Gasteiger charge is 2.21. The predicted octanol–water partition coefficient (Wildman–Crippen LogP) is 3.43. The highest BCUT2D eigenvalue weighted by molar-refractivity contribution is 5.87. The molecule has 1 unspecified atom stereocenters. The molecule has 0 saturated carbocycles. The standard InChI is InChI=1S/C23H22N4O2/c1-27-14-13-25-23(27)22(17-8-10-19(29-2)11-9-17)26-20(28)15-18-6-3-5-16-7-4-12-24-21(16)18/h3-14,22H,15H2,1-2H3,(H,26,28). The number of hydrogen-bond donors (Lipinski definition) is 1. The van der Waals surface area contributed by atoms with E-state index in [1.54, 1.807) is 19.5 Å². The topological polar surface area (TPSA) is 69.0 Å². The summed E-state index contributed by atoms with van der Waals surface area (Å²) in [5, 5.41) is 4.16. The molecule has 2 aromatic heterocycles. The van der Waals surface area contributed by atoms with Crippen LogP contribution in [0.5, 0.6) is 5.75 Å².